The predicted octanol–water partition coefficient (Wildman–Crippen LogP) is 2.81. The Hall–Kier alpha value is -2.11. The van der Waals surface area contributed by atoms with E-state index in [1.165, 1.54) is 0 Å². The number of carbonyl (C=O) groups is 2. The van der Waals surface area contributed by atoms with Crippen LogP contribution in [0.25, 0.3) is 0 Å². The highest BCUT2D eigenvalue weighted by molar-refractivity contribution is 6.22. The van der Waals surface area contributed by atoms with E-state index in [0.717, 1.165) is 25.0 Å². The van der Waals surface area contributed by atoms with Gasteiger partial charge in [0.2, 0.25) is 11.8 Å². The third-order valence-electron chi connectivity index (χ3n) is 5.02. The zero-order valence-corrected chi connectivity index (χ0v) is 11.4. The third-order valence-corrected chi connectivity index (χ3v) is 5.02. The molecular weight excluding hydrogens is 295 g/mol. The molecule has 1 aromatic carbocycles. The summed E-state index contributed by atoms with van der Waals surface area (Å²) in [4.78, 5) is 25.9. The Bertz CT molecular complexity index is 698. The highest BCUT2D eigenvalue weighted by atomic mass is 19.2. The Morgan fingerprint density at radius 3 is 1.91 bits per heavy atom. The van der Waals surface area contributed by atoms with E-state index in [0.29, 0.717) is 4.90 Å². The Balaban J connectivity index is 1.80. The molecule has 1 aliphatic heterocycles. The number of anilines is 1. The number of fused-ring (bicyclic) bond motifs is 1. The molecule has 3 aliphatic carbocycles. The van der Waals surface area contributed by atoms with Crippen molar-refractivity contribution in [2.45, 2.75) is 12.8 Å². The number of carbonyl (C=O) groups excluding carboxylic acids is 2. The molecule has 2 amide bonds. The van der Waals surface area contributed by atoms with E-state index in [1.807, 2.05) is 12.2 Å². The number of halogens is 3. The highest BCUT2D eigenvalue weighted by Gasteiger charge is 2.57. The van der Waals surface area contributed by atoms with Crippen molar-refractivity contribution in [2.24, 2.45) is 23.7 Å². The molecular formula is C16H12F3NO2. The Morgan fingerprint density at radius 2 is 1.41 bits per heavy atom. The SMILES string of the molecule is O=C1[C@@H]2[C@H](C(=O)N1c1ccc(F)c(F)c1F)[C@@H]1C=C[C@H]2CC1. The number of rotatable bonds is 1. The fraction of sp³-hybridized carbons (Fsp3) is 0.375. The quantitative estimate of drug-likeness (QED) is 0.454. The lowest BCUT2D eigenvalue weighted by atomic mass is 9.63. The molecule has 1 saturated carbocycles. The van der Waals surface area contributed by atoms with Crippen LogP contribution in [-0.4, -0.2) is 11.8 Å². The van der Waals surface area contributed by atoms with Gasteiger partial charge < -0.3 is 0 Å². The van der Waals surface area contributed by atoms with Crippen molar-refractivity contribution in [3.05, 3.63) is 41.7 Å². The average molecular weight is 307 g/mol. The van der Waals surface area contributed by atoms with Crippen LogP contribution < -0.4 is 4.90 Å². The van der Waals surface area contributed by atoms with Crippen LogP contribution in [0.1, 0.15) is 12.8 Å². The van der Waals surface area contributed by atoms with Gasteiger partial charge in [-0.1, -0.05) is 12.2 Å². The van der Waals surface area contributed by atoms with Gasteiger partial charge in [-0.2, -0.15) is 0 Å². The Morgan fingerprint density at radius 1 is 0.864 bits per heavy atom. The summed E-state index contributed by atoms with van der Waals surface area (Å²) < 4.78 is 40.5. The second kappa shape index (κ2) is 4.44. The van der Waals surface area contributed by atoms with Crippen molar-refractivity contribution < 1.29 is 22.8 Å². The van der Waals surface area contributed by atoms with Gasteiger partial charge in [-0.3, -0.25) is 9.59 Å². The van der Waals surface area contributed by atoms with Gasteiger partial charge in [0.05, 0.1) is 17.5 Å². The van der Waals surface area contributed by atoms with Crippen LogP contribution in [-0.2, 0) is 9.59 Å². The second-order valence-corrected chi connectivity index (χ2v) is 6.05. The molecule has 0 radical (unpaired) electrons. The summed E-state index contributed by atoms with van der Waals surface area (Å²) in [7, 11) is 0. The maximum absolute atomic E-state index is 14.0. The molecule has 114 valence electrons. The number of hydrogen-bond donors (Lipinski definition) is 0. The van der Waals surface area contributed by atoms with Crippen LogP contribution in [0, 0.1) is 41.1 Å². The fourth-order valence-electron chi connectivity index (χ4n) is 4.00. The van der Waals surface area contributed by atoms with Gasteiger partial charge in [-0.05, 0) is 36.8 Å². The van der Waals surface area contributed by atoms with E-state index >= 15 is 0 Å². The topological polar surface area (TPSA) is 37.4 Å². The fourth-order valence-corrected chi connectivity index (χ4v) is 4.00. The van der Waals surface area contributed by atoms with Gasteiger partial charge in [-0.25, -0.2) is 18.1 Å². The summed E-state index contributed by atoms with van der Waals surface area (Å²) >= 11 is 0. The number of imide groups is 1. The Kier molecular flexibility index (Phi) is 2.74. The van der Waals surface area contributed by atoms with Gasteiger partial charge in [-0.15, -0.1) is 0 Å². The number of nitrogens with zero attached hydrogens (tertiary/aromatic N) is 1. The second-order valence-electron chi connectivity index (χ2n) is 6.05. The van der Waals surface area contributed by atoms with E-state index in [1.54, 1.807) is 0 Å². The smallest absolute Gasteiger partial charge is 0.238 e. The van der Waals surface area contributed by atoms with Crippen molar-refractivity contribution in [1.29, 1.82) is 0 Å². The average Bonchev–Trinajstić information content (AvgIpc) is 2.81. The first-order valence-electron chi connectivity index (χ1n) is 7.20. The Labute approximate surface area is 124 Å². The van der Waals surface area contributed by atoms with E-state index in [-0.39, 0.29) is 11.8 Å². The number of hydrogen-bond acceptors (Lipinski definition) is 2. The molecule has 0 N–H and O–H groups in total. The molecule has 1 saturated heterocycles. The summed E-state index contributed by atoms with van der Waals surface area (Å²) in [5.74, 6) is -6.64. The van der Waals surface area contributed by atoms with E-state index in [4.69, 9.17) is 0 Å². The summed E-state index contributed by atoms with van der Waals surface area (Å²) in [6, 6.07) is 1.67. The maximum Gasteiger partial charge on any atom is 0.238 e. The zero-order valence-electron chi connectivity index (χ0n) is 11.4. The predicted molar refractivity (Wildman–Crippen MR) is 71.1 cm³/mol. The van der Waals surface area contributed by atoms with E-state index in [9.17, 15) is 22.8 Å². The zero-order chi connectivity index (χ0) is 15.6. The number of allylic oxidation sites excluding steroid dienone is 2. The minimum atomic E-state index is -1.67. The van der Waals surface area contributed by atoms with E-state index in [2.05, 4.69) is 0 Å². The van der Waals surface area contributed by atoms with Crippen LogP contribution >= 0.6 is 0 Å². The molecule has 4 atom stereocenters. The highest BCUT2D eigenvalue weighted by Crippen LogP contribution is 2.50. The molecule has 0 spiro atoms. The van der Waals surface area contributed by atoms with Gasteiger partial charge in [0.1, 0.15) is 0 Å². The standard InChI is InChI=1S/C16H12F3NO2/c17-9-5-6-10(14(19)13(9)18)20-15(21)11-7-1-2-8(4-3-7)12(11)16(20)22/h1-2,5-8,11-12H,3-4H2/t7-,8+,11-,12+. The lowest BCUT2D eigenvalue weighted by Crippen LogP contribution is -2.38. The van der Waals surface area contributed by atoms with Crippen LogP contribution in [0.4, 0.5) is 18.9 Å². The largest absolute Gasteiger partial charge is 0.274 e. The molecule has 0 unspecified atom stereocenters. The van der Waals surface area contributed by atoms with Crippen molar-refractivity contribution in [3.8, 4) is 0 Å². The first kappa shape index (κ1) is 13.5. The van der Waals surface area contributed by atoms with Crippen molar-refractivity contribution in [2.75, 3.05) is 4.90 Å². The van der Waals surface area contributed by atoms with Crippen LogP contribution in [0.2, 0.25) is 0 Å². The summed E-state index contributed by atoms with van der Waals surface area (Å²) in [6.45, 7) is 0. The van der Waals surface area contributed by atoms with E-state index < -0.39 is 46.8 Å². The lowest BCUT2D eigenvalue weighted by Gasteiger charge is -2.38. The molecule has 5 rings (SSSR count). The van der Waals surface area contributed by atoms with Crippen LogP contribution in [0.5, 0.6) is 0 Å². The first-order chi connectivity index (χ1) is 10.5. The van der Waals surface area contributed by atoms with Crippen LogP contribution in [0.15, 0.2) is 24.3 Å². The monoisotopic (exact) mass is 307 g/mol. The molecule has 6 heteroatoms. The number of amides is 2. The summed E-state index contributed by atoms with van der Waals surface area (Å²) in [5.41, 5.74) is -0.497. The molecule has 4 aliphatic rings. The lowest BCUT2D eigenvalue weighted by molar-refractivity contribution is -0.124. The summed E-state index contributed by atoms with van der Waals surface area (Å²) in [6.07, 6.45) is 5.50. The van der Waals surface area contributed by atoms with Crippen molar-refractivity contribution in [3.63, 3.8) is 0 Å². The molecule has 1 aromatic rings. The molecule has 2 fully saturated rings. The summed E-state index contributed by atoms with van der Waals surface area (Å²) in [5, 5.41) is 0. The molecule has 1 heterocycles. The normalized spacial score (nSPS) is 32.8. The van der Waals surface area contributed by atoms with Crippen LogP contribution in [0.3, 0.4) is 0 Å². The van der Waals surface area contributed by atoms with Crippen molar-refractivity contribution in [1.82, 2.24) is 0 Å². The minimum Gasteiger partial charge on any atom is -0.274 e. The van der Waals surface area contributed by atoms with Gasteiger partial charge in [0.25, 0.3) is 0 Å². The molecule has 0 aromatic heterocycles. The van der Waals surface area contributed by atoms with Crippen molar-refractivity contribution >= 4 is 17.5 Å². The molecule has 22 heavy (non-hydrogen) atoms. The molecule has 2 bridgehead atoms. The molecule has 3 nitrogen and oxygen atoms in total. The van der Waals surface area contributed by atoms with Gasteiger partial charge >= 0.3 is 0 Å². The number of benzene rings is 1. The third kappa shape index (κ3) is 1.58. The first-order valence-corrected chi connectivity index (χ1v) is 7.20. The van der Waals surface area contributed by atoms with Gasteiger partial charge in [0, 0.05) is 0 Å². The maximum atomic E-state index is 14.0. The minimum absolute atomic E-state index is 0.0372. The van der Waals surface area contributed by atoms with Gasteiger partial charge in [0.15, 0.2) is 17.5 Å².